The molecule has 14 heteroatoms. The number of unbranched alkanes of at least 4 members (excludes halogenated alkanes) is 1. The van der Waals surface area contributed by atoms with Crippen molar-refractivity contribution in [2.24, 2.45) is 23.1 Å². The highest BCUT2D eigenvalue weighted by molar-refractivity contribution is 5.95. The number of aromatic amines is 1. The van der Waals surface area contributed by atoms with Gasteiger partial charge in [-0.05, 0) is 31.7 Å². The lowest BCUT2D eigenvalue weighted by molar-refractivity contribution is -0.143. The van der Waals surface area contributed by atoms with Gasteiger partial charge in [0.15, 0.2) is 0 Å². The zero-order valence-electron chi connectivity index (χ0n) is 20.7. The van der Waals surface area contributed by atoms with Gasteiger partial charge in [-0.2, -0.15) is 0 Å². The first kappa shape index (κ1) is 30.5. The zero-order valence-corrected chi connectivity index (χ0v) is 20.7. The second kappa shape index (κ2) is 15.5. The number of imidazole rings is 1. The molecule has 1 aromatic rings. The molecule has 1 aromatic heterocycles. The number of amides is 4. The summed E-state index contributed by atoms with van der Waals surface area (Å²) < 4.78 is 0. The van der Waals surface area contributed by atoms with E-state index in [1.165, 1.54) is 12.5 Å². The minimum absolute atomic E-state index is 0.0151. The van der Waals surface area contributed by atoms with Crippen LogP contribution in [0.25, 0.3) is 0 Å². The monoisotopic (exact) mass is 510 g/mol. The average molecular weight is 511 g/mol. The Labute approximate surface area is 209 Å². The molecule has 202 valence electrons. The van der Waals surface area contributed by atoms with Gasteiger partial charge in [0.2, 0.25) is 23.6 Å². The fourth-order valence-corrected chi connectivity index (χ4v) is 3.39. The summed E-state index contributed by atoms with van der Waals surface area (Å²) in [5, 5.41) is 16.8. The Bertz CT molecular complexity index is 876. The number of aliphatic carboxylic acids is 1. The van der Waals surface area contributed by atoms with Crippen LogP contribution >= 0.6 is 0 Å². The van der Waals surface area contributed by atoms with E-state index in [1.807, 2.05) is 13.8 Å². The number of primary amides is 1. The fraction of sp³-hybridized carbons (Fsp3) is 0.636. The Morgan fingerprint density at radius 1 is 1.00 bits per heavy atom. The van der Waals surface area contributed by atoms with Crippen molar-refractivity contribution in [3.8, 4) is 0 Å². The fourth-order valence-electron chi connectivity index (χ4n) is 3.39. The van der Waals surface area contributed by atoms with E-state index in [4.69, 9.17) is 17.2 Å². The van der Waals surface area contributed by atoms with Crippen molar-refractivity contribution in [1.82, 2.24) is 25.9 Å². The molecule has 0 saturated carbocycles. The number of aromatic nitrogens is 2. The minimum Gasteiger partial charge on any atom is -0.480 e. The maximum Gasteiger partial charge on any atom is 0.326 e. The number of rotatable bonds is 17. The van der Waals surface area contributed by atoms with E-state index in [0.29, 0.717) is 31.5 Å². The van der Waals surface area contributed by atoms with E-state index in [1.54, 1.807) is 0 Å². The van der Waals surface area contributed by atoms with E-state index in [9.17, 15) is 29.1 Å². The van der Waals surface area contributed by atoms with Crippen molar-refractivity contribution in [2.75, 3.05) is 6.54 Å². The van der Waals surface area contributed by atoms with Crippen LogP contribution in [0, 0.1) is 5.92 Å². The molecule has 14 nitrogen and oxygen atoms in total. The Kier molecular flexibility index (Phi) is 13.1. The lowest BCUT2D eigenvalue weighted by Crippen LogP contribution is -2.58. The molecule has 0 aliphatic rings. The average Bonchev–Trinajstić information content (AvgIpc) is 3.30. The highest BCUT2D eigenvalue weighted by atomic mass is 16.4. The Hall–Kier alpha value is -3.52. The first-order chi connectivity index (χ1) is 16.9. The van der Waals surface area contributed by atoms with Crippen LogP contribution in [0.3, 0.4) is 0 Å². The molecule has 0 spiro atoms. The van der Waals surface area contributed by atoms with E-state index in [0.717, 1.165) is 0 Å². The van der Waals surface area contributed by atoms with Crippen LogP contribution in [-0.2, 0) is 30.4 Å². The topological polar surface area (TPSA) is 248 Å². The molecule has 4 amide bonds. The first-order valence-corrected chi connectivity index (χ1v) is 11.8. The summed E-state index contributed by atoms with van der Waals surface area (Å²) in [7, 11) is 0. The van der Waals surface area contributed by atoms with Gasteiger partial charge in [0.1, 0.15) is 18.1 Å². The van der Waals surface area contributed by atoms with E-state index < -0.39 is 60.2 Å². The van der Waals surface area contributed by atoms with Crippen LogP contribution in [0.5, 0.6) is 0 Å². The third-order valence-corrected chi connectivity index (χ3v) is 5.28. The van der Waals surface area contributed by atoms with Crippen LogP contribution in [0.15, 0.2) is 12.5 Å². The van der Waals surface area contributed by atoms with Crippen molar-refractivity contribution >= 4 is 29.6 Å². The molecule has 4 unspecified atom stereocenters. The quantitative estimate of drug-likeness (QED) is 0.106. The third-order valence-electron chi connectivity index (χ3n) is 5.28. The molecule has 11 N–H and O–H groups in total. The number of carboxylic acid groups (broad SMARTS) is 1. The summed E-state index contributed by atoms with van der Waals surface area (Å²) in [6, 6.07) is -4.63. The number of nitrogens with one attached hydrogen (secondary N) is 4. The molecule has 0 radical (unpaired) electrons. The number of H-pyrrole nitrogens is 1. The molecule has 0 aliphatic heterocycles. The van der Waals surface area contributed by atoms with Crippen molar-refractivity contribution in [3.63, 3.8) is 0 Å². The van der Waals surface area contributed by atoms with Gasteiger partial charge >= 0.3 is 5.97 Å². The van der Waals surface area contributed by atoms with Crippen LogP contribution in [0.4, 0.5) is 0 Å². The van der Waals surface area contributed by atoms with E-state index in [2.05, 4.69) is 25.9 Å². The number of carbonyl (C=O) groups excluding carboxylic acids is 4. The van der Waals surface area contributed by atoms with E-state index >= 15 is 0 Å². The standard InChI is InChI=1S/C22H38N8O6/c1-12(2)7-15(28-19(32)14(24)5-3-4-6-23)20(33)29-16(8-13-10-26-11-27-13)21(34)30-17(22(35)36)9-18(25)31/h10-12,14-17H,3-9,23-24H2,1-2H3,(H2,25,31)(H,26,27)(H,28,32)(H,29,33)(H,30,34)(H,35,36). The highest BCUT2D eigenvalue weighted by Crippen LogP contribution is 2.08. The number of hydrogen-bond donors (Lipinski definition) is 8. The predicted molar refractivity (Wildman–Crippen MR) is 130 cm³/mol. The lowest BCUT2D eigenvalue weighted by atomic mass is 10.0. The van der Waals surface area contributed by atoms with Gasteiger partial charge in [-0.1, -0.05) is 20.3 Å². The molecule has 4 atom stereocenters. The highest BCUT2D eigenvalue weighted by Gasteiger charge is 2.31. The molecular weight excluding hydrogens is 472 g/mol. The van der Waals surface area contributed by atoms with Crippen LogP contribution < -0.4 is 33.2 Å². The first-order valence-electron chi connectivity index (χ1n) is 11.8. The molecule has 0 aliphatic carbocycles. The van der Waals surface area contributed by atoms with Crippen LogP contribution in [0.1, 0.15) is 51.6 Å². The third kappa shape index (κ3) is 11.3. The predicted octanol–water partition coefficient (Wildman–Crippen LogP) is -2.13. The Balaban J connectivity index is 3.02. The van der Waals surface area contributed by atoms with Gasteiger partial charge in [-0.3, -0.25) is 19.2 Å². The molecular formula is C22H38N8O6. The number of nitrogens with two attached hydrogens (primary N) is 3. The molecule has 1 heterocycles. The van der Waals surface area contributed by atoms with Crippen LogP contribution in [0.2, 0.25) is 0 Å². The van der Waals surface area contributed by atoms with Crippen LogP contribution in [-0.4, -0.2) is 75.4 Å². The van der Waals surface area contributed by atoms with Crippen molar-refractivity contribution < 1.29 is 29.1 Å². The number of carbonyl (C=O) groups is 5. The molecule has 0 saturated heterocycles. The van der Waals surface area contributed by atoms with Gasteiger partial charge in [0.05, 0.1) is 18.8 Å². The SMILES string of the molecule is CC(C)CC(NC(=O)C(N)CCCCN)C(=O)NC(Cc1cnc[nH]1)C(=O)NC(CC(N)=O)C(=O)O. The summed E-state index contributed by atoms with van der Waals surface area (Å²) >= 11 is 0. The van der Waals surface area contributed by atoms with E-state index in [-0.39, 0.29) is 18.8 Å². The molecule has 0 aromatic carbocycles. The van der Waals surface area contributed by atoms with Gasteiger partial charge < -0.3 is 43.2 Å². The summed E-state index contributed by atoms with van der Waals surface area (Å²) in [5.74, 6) is -4.36. The molecule has 0 fully saturated rings. The maximum atomic E-state index is 13.2. The summed E-state index contributed by atoms with van der Waals surface area (Å²) in [6.07, 6.45) is 4.20. The second-order valence-electron chi connectivity index (χ2n) is 8.99. The number of carboxylic acids is 1. The zero-order chi connectivity index (χ0) is 27.3. The molecule has 1 rings (SSSR count). The van der Waals surface area contributed by atoms with Gasteiger partial charge in [-0.25, -0.2) is 9.78 Å². The maximum absolute atomic E-state index is 13.2. The summed E-state index contributed by atoms with van der Waals surface area (Å²) in [4.78, 5) is 68.0. The molecule has 0 bridgehead atoms. The summed E-state index contributed by atoms with van der Waals surface area (Å²) in [5.41, 5.74) is 17.0. The Morgan fingerprint density at radius 2 is 1.61 bits per heavy atom. The van der Waals surface area contributed by atoms with Crippen molar-refractivity contribution in [1.29, 1.82) is 0 Å². The minimum atomic E-state index is -1.58. The largest absolute Gasteiger partial charge is 0.480 e. The lowest BCUT2D eigenvalue weighted by Gasteiger charge is -2.26. The van der Waals surface area contributed by atoms with Crippen molar-refractivity contribution in [3.05, 3.63) is 18.2 Å². The smallest absolute Gasteiger partial charge is 0.326 e. The van der Waals surface area contributed by atoms with Crippen molar-refractivity contribution in [2.45, 2.75) is 76.5 Å². The number of nitrogens with zero attached hydrogens (tertiary/aromatic N) is 1. The van der Waals surface area contributed by atoms with Gasteiger partial charge in [0, 0.05) is 18.3 Å². The molecule has 36 heavy (non-hydrogen) atoms. The number of hydrogen-bond acceptors (Lipinski definition) is 8. The Morgan fingerprint density at radius 3 is 2.14 bits per heavy atom. The summed E-state index contributed by atoms with van der Waals surface area (Å²) in [6.45, 7) is 4.21. The van der Waals surface area contributed by atoms with Gasteiger partial charge in [-0.15, -0.1) is 0 Å². The second-order valence-corrected chi connectivity index (χ2v) is 8.99. The van der Waals surface area contributed by atoms with Gasteiger partial charge in [0.25, 0.3) is 0 Å². The normalized spacial score (nSPS) is 14.4.